The second-order valence-electron chi connectivity index (χ2n) is 6.49. The first-order valence-corrected chi connectivity index (χ1v) is 9.47. The molecule has 1 N–H and O–H groups in total. The number of fused-ring (bicyclic) bond motifs is 3. The van der Waals surface area contributed by atoms with Gasteiger partial charge in [-0.2, -0.15) is 0 Å². The number of carbonyl (C=O) groups is 1. The van der Waals surface area contributed by atoms with Gasteiger partial charge >= 0.3 is 5.97 Å². The molecule has 4 heteroatoms. The Kier molecular flexibility index (Phi) is 4.38. The van der Waals surface area contributed by atoms with Crippen molar-refractivity contribution in [2.75, 3.05) is 11.9 Å². The van der Waals surface area contributed by atoms with Crippen LogP contribution in [0.2, 0.25) is 0 Å². The number of nitrogens with one attached hydrogen (secondary N) is 1. The van der Waals surface area contributed by atoms with Crippen molar-refractivity contribution in [3.63, 3.8) is 0 Å². The number of carbonyl (C=O) groups excluding carboxylic acids is 1. The van der Waals surface area contributed by atoms with Crippen molar-refractivity contribution in [1.82, 2.24) is 0 Å². The number of halogens is 1. The molecule has 0 saturated heterocycles. The van der Waals surface area contributed by atoms with Crippen LogP contribution < -0.4 is 5.32 Å². The second kappa shape index (κ2) is 6.68. The van der Waals surface area contributed by atoms with Crippen molar-refractivity contribution in [1.29, 1.82) is 0 Å². The average Bonchev–Trinajstić information content (AvgIpc) is 3.11. The van der Waals surface area contributed by atoms with E-state index in [-0.39, 0.29) is 12.0 Å². The molecule has 1 heterocycles. The van der Waals surface area contributed by atoms with E-state index < -0.39 is 0 Å². The molecule has 128 valence electrons. The number of para-hydroxylation sites is 1. The fourth-order valence-corrected chi connectivity index (χ4v) is 4.57. The molecule has 0 spiro atoms. The lowest BCUT2D eigenvalue weighted by Gasteiger charge is -2.38. The van der Waals surface area contributed by atoms with Gasteiger partial charge in [0.1, 0.15) is 0 Å². The van der Waals surface area contributed by atoms with Gasteiger partial charge in [0, 0.05) is 10.4 Å². The van der Waals surface area contributed by atoms with Crippen LogP contribution in [-0.2, 0) is 4.74 Å². The van der Waals surface area contributed by atoms with Crippen LogP contribution in [0.4, 0.5) is 5.69 Å². The van der Waals surface area contributed by atoms with Crippen molar-refractivity contribution >= 4 is 27.6 Å². The van der Waals surface area contributed by atoms with Crippen molar-refractivity contribution in [3.05, 3.63) is 75.8 Å². The number of anilines is 1. The number of esters is 1. The molecule has 3 nitrogen and oxygen atoms in total. The van der Waals surface area contributed by atoms with E-state index in [4.69, 9.17) is 4.74 Å². The second-order valence-corrected chi connectivity index (χ2v) is 7.34. The Hall–Kier alpha value is -2.07. The highest BCUT2D eigenvalue weighted by Gasteiger charge is 2.39. The molecule has 4 rings (SSSR count). The van der Waals surface area contributed by atoms with Crippen molar-refractivity contribution < 1.29 is 9.53 Å². The van der Waals surface area contributed by atoms with Crippen LogP contribution in [0, 0.1) is 5.92 Å². The Bertz CT molecular complexity index is 846. The summed E-state index contributed by atoms with van der Waals surface area (Å²) in [5, 5.41) is 3.66. The lowest BCUT2D eigenvalue weighted by Crippen LogP contribution is -2.30. The minimum absolute atomic E-state index is 0.152. The molecule has 2 aromatic carbocycles. The molecule has 1 aliphatic heterocycles. The van der Waals surface area contributed by atoms with E-state index in [1.807, 2.05) is 25.1 Å². The van der Waals surface area contributed by atoms with E-state index in [0.29, 0.717) is 24.0 Å². The molecule has 25 heavy (non-hydrogen) atoms. The number of hydrogen-bond acceptors (Lipinski definition) is 3. The highest BCUT2D eigenvalue weighted by atomic mass is 79.9. The van der Waals surface area contributed by atoms with Crippen LogP contribution in [0.3, 0.4) is 0 Å². The van der Waals surface area contributed by atoms with Gasteiger partial charge in [-0.05, 0) is 42.5 Å². The summed E-state index contributed by atoms with van der Waals surface area (Å²) in [5.74, 6) is 0.504. The Morgan fingerprint density at radius 1 is 1.20 bits per heavy atom. The number of ether oxygens (including phenoxy) is 1. The molecular weight excluding hydrogens is 378 g/mol. The predicted octanol–water partition coefficient (Wildman–Crippen LogP) is 5.45. The lowest BCUT2D eigenvalue weighted by atomic mass is 9.76. The molecule has 3 atom stereocenters. The monoisotopic (exact) mass is 397 g/mol. The molecule has 0 unspecified atom stereocenters. The van der Waals surface area contributed by atoms with E-state index in [9.17, 15) is 4.79 Å². The van der Waals surface area contributed by atoms with E-state index in [1.54, 1.807) is 0 Å². The number of rotatable bonds is 3. The maximum absolute atomic E-state index is 12.4. The van der Waals surface area contributed by atoms with Gasteiger partial charge in [0.05, 0.1) is 23.9 Å². The third-order valence-electron chi connectivity index (χ3n) is 5.13. The largest absolute Gasteiger partial charge is 0.462 e. The third kappa shape index (κ3) is 2.78. The summed E-state index contributed by atoms with van der Waals surface area (Å²) in [7, 11) is 0. The Morgan fingerprint density at radius 2 is 2.00 bits per heavy atom. The average molecular weight is 398 g/mol. The fourth-order valence-electron chi connectivity index (χ4n) is 4.04. The van der Waals surface area contributed by atoms with Crippen LogP contribution in [0.25, 0.3) is 0 Å². The minimum Gasteiger partial charge on any atom is -0.462 e. The summed E-state index contributed by atoms with van der Waals surface area (Å²) in [6, 6.07) is 14.4. The zero-order valence-corrected chi connectivity index (χ0v) is 15.6. The predicted molar refractivity (Wildman–Crippen MR) is 103 cm³/mol. The maximum atomic E-state index is 12.4. The summed E-state index contributed by atoms with van der Waals surface area (Å²) in [6.45, 7) is 2.21. The maximum Gasteiger partial charge on any atom is 0.340 e. The van der Waals surface area contributed by atoms with Crippen LogP contribution in [0.1, 0.15) is 46.8 Å². The summed E-state index contributed by atoms with van der Waals surface area (Å²) >= 11 is 3.69. The number of hydrogen-bond donors (Lipinski definition) is 1. The first-order chi connectivity index (χ1) is 12.2. The van der Waals surface area contributed by atoms with Gasteiger partial charge < -0.3 is 10.1 Å². The normalized spacial score (nSPS) is 23.5. The third-order valence-corrected chi connectivity index (χ3v) is 5.85. The standard InChI is InChI=1S/C21H20BrNO2/c1-2-25-21(24)17-11-6-10-15-13-8-5-9-14(13)19(23-20(15)17)16-7-3-4-12-18(16)22/h3-8,10-14,19,23H,2,9H2,1H3/t13-,14+,19-/m0/s1. The first-order valence-electron chi connectivity index (χ1n) is 8.68. The van der Waals surface area contributed by atoms with Crippen molar-refractivity contribution in [3.8, 4) is 0 Å². The Morgan fingerprint density at radius 3 is 2.80 bits per heavy atom. The van der Waals surface area contributed by atoms with Gasteiger partial charge in [-0.15, -0.1) is 0 Å². The van der Waals surface area contributed by atoms with Gasteiger partial charge in [-0.3, -0.25) is 0 Å². The lowest BCUT2D eigenvalue weighted by molar-refractivity contribution is 0.0527. The summed E-state index contributed by atoms with van der Waals surface area (Å²) in [5.41, 5.74) is 3.95. The van der Waals surface area contributed by atoms with Gasteiger partial charge in [0.25, 0.3) is 0 Å². The summed E-state index contributed by atoms with van der Waals surface area (Å²) in [6.07, 6.45) is 5.57. The van der Waals surface area contributed by atoms with Gasteiger partial charge in [-0.1, -0.05) is 58.4 Å². The van der Waals surface area contributed by atoms with Crippen LogP contribution in [0.5, 0.6) is 0 Å². The van der Waals surface area contributed by atoms with E-state index in [0.717, 1.165) is 16.6 Å². The Balaban J connectivity index is 1.82. The highest BCUT2D eigenvalue weighted by molar-refractivity contribution is 9.10. The topological polar surface area (TPSA) is 38.3 Å². The number of benzene rings is 2. The summed E-state index contributed by atoms with van der Waals surface area (Å²) < 4.78 is 6.36. The molecule has 0 aromatic heterocycles. The summed E-state index contributed by atoms with van der Waals surface area (Å²) in [4.78, 5) is 12.4. The highest BCUT2D eigenvalue weighted by Crippen LogP contribution is 2.51. The SMILES string of the molecule is CCOC(=O)c1cccc2c1N[C@H](c1ccccc1Br)[C@@H]1CC=C[C@H]21. The molecule has 0 radical (unpaired) electrons. The first kappa shape index (κ1) is 16.4. The molecule has 2 aromatic rings. The van der Waals surface area contributed by atoms with Gasteiger partial charge in [0.2, 0.25) is 0 Å². The van der Waals surface area contributed by atoms with Gasteiger partial charge in [-0.25, -0.2) is 4.79 Å². The number of allylic oxidation sites excluding steroid dienone is 2. The minimum atomic E-state index is -0.266. The van der Waals surface area contributed by atoms with Crippen LogP contribution in [0.15, 0.2) is 59.1 Å². The molecule has 1 aliphatic carbocycles. The zero-order chi connectivity index (χ0) is 17.4. The van der Waals surface area contributed by atoms with Crippen LogP contribution >= 0.6 is 15.9 Å². The molecule has 0 fully saturated rings. The quantitative estimate of drug-likeness (QED) is 0.552. The fraction of sp³-hybridized carbons (Fsp3) is 0.286. The van der Waals surface area contributed by atoms with E-state index >= 15 is 0 Å². The van der Waals surface area contributed by atoms with Crippen molar-refractivity contribution in [2.24, 2.45) is 5.92 Å². The van der Waals surface area contributed by atoms with Crippen molar-refractivity contribution in [2.45, 2.75) is 25.3 Å². The molecule has 2 aliphatic rings. The molecule has 0 amide bonds. The molecular formula is C21H20BrNO2. The van der Waals surface area contributed by atoms with Gasteiger partial charge in [0.15, 0.2) is 0 Å². The Labute approximate surface area is 156 Å². The molecule has 0 bridgehead atoms. The zero-order valence-electron chi connectivity index (χ0n) is 14.0. The van der Waals surface area contributed by atoms with Crippen LogP contribution in [-0.4, -0.2) is 12.6 Å². The van der Waals surface area contributed by atoms with E-state index in [1.165, 1.54) is 11.1 Å². The smallest absolute Gasteiger partial charge is 0.340 e. The van der Waals surface area contributed by atoms with E-state index in [2.05, 4.69) is 57.7 Å². The molecule has 0 saturated carbocycles.